The quantitative estimate of drug-likeness (QED) is 0.193. The molecule has 4 aromatic rings. The van der Waals surface area contributed by atoms with Crippen LogP contribution in [0.25, 0.3) is 10.9 Å². The number of likely N-dealkylation sites (tertiary alicyclic amines) is 1. The Morgan fingerprint density at radius 2 is 1.75 bits per heavy atom. The van der Waals surface area contributed by atoms with Crippen molar-refractivity contribution in [2.75, 3.05) is 49.1 Å². The third-order valence-electron chi connectivity index (χ3n) is 14.2. The molecule has 0 radical (unpaired) electrons. The largest absolute Gasteiger partial charge is 0.366 e. The monoisotopic (exact) mass is 801 g/mol. The molecule has 2 aromatic carbocycles. The van der Waals surface area contributed by atoms with Crippen LogP contribution in [-0.2, 0) is 22.6 Å². The Morgan fingerprint density at radius 1 is 0.949 bits per heavy atom. The van der Waals surface area contributed by atoms with Crippen LogP contribution < -0.4 is 15.1 Å². The van der Waals surface area contributed by atoms with Gasteiger partial charge < -0.3 is 19.7 Å². The maximum Gasteiger partial charge on any atom is 0.255 e. The number of amides is 3. The molecule has 310 valence electrons. The number of benzene rings is 2. The van der Waals surface area contributed by atoms with Gasteiger partial charge in [-0.25, -0.2) is 14.4 Å². The molecule has 0 saturated carbocycles. The van der Waals surface area contributed by atoms with Crippen molar-refractivity contribution in [3.8, 4) is 0 Å². The number of piperazine rings is 1. The number of nitrogens with one attached hydrogen (secondary N) is 2. The molecule has 2 N–H and O–H groups in total. The topological polar surface area (TPSA) is 121 Å². The van der Waals surface area contributed by atoms with Crippen molar-refractivity contribution < 1.29 is 18.8 Å². The van der Waals surface area contributed by atoms with E-state index in [0.29, 0.717) is 43.1 Å². The number of fused-ring (bicyclic) bond motifs is 6. The smallest absolute Gasteiger partial charge is 0.255 e. The van der Waals surface area contributed by atoms with Crippen molar-refractivity contribution >= 4 is 40.3 Å². The summed E-state index contributed by atoms with van der Waals surface area (Å²) in [5.74, 6) is 0.730. The van der Waals surface area contributed by atoms with Crippen LogP contribution in [0.1, 0.15) is 105 Å². The second-order valence-corrected chi connectivity index (χ2v) is 18.7. The zero-order valence-corrected chi connectivity index (χ0v) is 34.5. The van der Waals surface area contributed by atoms with Crippen molar-refractivity contribution in [3.05, 3.63) is 82.8 Å². The Balaban J connectivity index is 0.710. The summed E-state index contributed by atoms with van der Waals surface area (Å²) in [5.41, 5.74) is 6.01. The van der Waals surface area contributed by atoms with Gasteiger partial charge in [0.15, 0.2) is 0 Å². The zero-order valence-electron chi connectivity index (χ0n) is 34.5. The van der Waals surface area contributed by atoms with E-state index in [-0.39, 0.29) is 36.2 Å². The lowest BCUT2D eigenvalue weighted by Crippen LogP contribution is -2.52. The molecule has 0 spiro atoms. The number of halogens is 1. The van der Waals surface area contributed by atoms with Gasteiger partial charge in [-0.2, -0.15) is 0 Å². The molecule has 6 aliphatic rings. The Bertz CT molecular complexity index is 2260. The number of rotatable bonds is 10. The lowest BCUT2D eigenvalue weighted by Gasteiger charge is -2.42. The van der Waals surface area contributed by atoms with Crippen molar-refractivity contribution in [3.63, 3.8) is 0 Å². The van der Waals surface area contributed by atoms with Gasteiger partial charge in [0.25, 0.3) is 5.91 Å². The van der Waals surface area contributed by atoms with Gasteiger partial charge in [0.1, 0.15) is 11.7 Å². The number of imide groups is 1. The molecule has 2 aromatic heterocycles. The summed E-state index contributed by atoms with van der Waals surface area (Å²) in [6.07, 6.45) is 11.4. The summed E-state index contributed by atoms with van der Waals surface area (Å²) in [5, 5.41) is 3.64. The third kappa shape index (κ3) is 7.17. The number of hydrogen-bond acceptors (Lipinski definition) is 9. The fraction of sp³-hybridized carbons (Fsp3) is 0.543. The van der Waals surface area contributed by atoms with Gasteiger partial charge in [0, 0.05) is 110 Å². The third-order valence-corrected chi connectivity index (χ3v) is 14.2. The van der Waals surface area contributed by atoms with E-state index in [2.05, 4.69) is 73.2 Å². The minimum atomic E-state index is -1.34. The number of anilines is 2. The standard InChI is InChI=1S/C46H56FN9O3/c1-28-19-37-36-8-4-5-9-38(36)50-41(37)42(56(28)27-46(2,3)47)31-22-48-45(49-23-31)52-17-14-29(15-18-52)7-6-16-53-25-34-21-33(53)26-54(34)32-10-11-35-30(20-32)24-55(44(35)59)39-12-13-40(57)51-43(39)58/h4-5,8-11,20,22-23,28-29,33-34,39,42,50H,6-7,12-19,21,24-27H2,1-3H3,(H,51,57,58)/t28-,33-,34-,39?,42-/m1/s1. The molecule has 5 atom stereocenters. The van der Waals surface area contributed by atoms with Gasteiger partial charge in [-0.15, -0.1) is 0 Å². The number of alkyl halides is 1. The molecular formula is C46H56FN9O3. The van der Waals surface area contributed by atoms with E-state index in [1.807, 2.05) is 18.5 Å². The number of hydrogen-bond donors (Lipinski definition) is 2. The minimum Gasteiger partial charge on any atom is -0.366 e. The Hall–Kier alpha value is -4.88. The molecular weight excluding hydrogens is 746 g/mol. The van der Waals surface area contributed by atoms with Gasteiger partial charge in [0.05, 0.1) is 6.04 Å². The van der Waals surface area contributed by atoms with Crippen molar-refractivity contribution in [2.45, 2.75) is 115 Å². The minimum absolute atomic E-state index is 0.120. The van der Waals surface area contributed by atoms with E-state index in [9.17, 15) is 14.4 Å². The highest BCUT2D eigenvalue weighted by Gasteiger charge is 2.45. The molecule has 2 bridgehead atoms. The van der Waals surface area contributed by atoms with E-state index in [0.717, 1.165) is 86.0 Å². The number of aromatic nitrogens is 3. The number of nitrogens with zero attached hydrogens (tertiary/aromatic N) is 7. The summed E-state index contributed by atoms with van der Waals surface area (Å²) >= 11 is 0. The molecule has 1 unspecified atom stereocenters. The summed E-state index contributed by atoms with van der Waals surface area (Å²) < 4.78 is 15.2. The number of aromatic amines is 1. The summed E-state index contributed by atoms with van der Waals surface area (Å²) in [6, 6.07) is 15.1. The molecule has 0 aliphatic carbocycles. The first-order valence-corrected chi connectivity index (χ1v) is 21.9. The maximum atomic E-state index is 15.2. The second-order valence-electron chi connectivity index (χ2n) is 18.7. The van der Waals surface area contributed by atoms with Gasteiger partial charge in [0.2, 0.25) is 17.8 Å². The van der Waals surface area contributed by atoms with Crippen LogP contribution in [0.5, 0.6) is 0 Å². The molecule has 3 amide bonds. The number of H-pyrrole nitrogens is 1. The van der Waals surface area contributed by atoms with Crippen LogP contribution in [0.2, 0.25) is 0 Å². The highest BCUT2D eigenvalue weighted by Crippen LogP contribution is 2.42. The number of piperidine rings is 2. The van der Waals surface area contributed by atoms with Gasteiger partial charge in [-0.1, -0.05) is 18.2 Å². The molecule has 8 heterocycles. The molecule has 59 heavy (non-hydrogen) atoms. The van der Waals surface area contributed by atoms with E-state index in [1.165, 1.54) is 30.2 Å². The van der Waals surface area contributed by atoms with E-state index < -0.39 is 11.7 Å². The molecule has 10 rings (SSSR count). The summed E-state index contributed by atoms with van der Waals surface area (Å²) in [4.78, 5) is 62.4. The van der Waals surface area contributed by atoms with Crippen LogP contribution >= 0.6 is 0 Å². The highest BCUT2D eigenvalue weighted by atomic mass is 19.1. The van der Waals surface area contributed by atoms with Gasteiger partial charge in [-0.05, 0) is 114 Å². The van der Waals surface area contributed by atoms with Crippen molar-refractivity contribution in [2.24, 2.45) is 5.92 Å². The SMILES string of the molecule is C[C@@H]1Cc2c([nH]c3ccccc23)[C@@H](c2cnc(N3CCC(CCCN4C[C@H]5C[C@@H]4CN5c4ccc5c(c4)CN(C4CCC(=O)NC4=O)C5=O)CC3)nc2)N1CC(C)(C)F. The first kappa shape index (κ1) is 38.3. The zero-order chi connectivity index (χ0) is 40.6. The molecule has 4 fully saturated rings. The first-order valence-electron chi connectivity index (χ1n) is 21.9. The van der Waals surface area contributed by atoms with Crippen LogP contribution in [0, 0.1) is 5.92 Å². The Kier molecular flexibility index (Phi) is 9.74. The molecule has 6 aliphatic heterocycles. The lowest BCUT2D eigenvalue weighted by molar-refractivity contribution is -0.136. The first-order chi connectivity index (χ1) is 28.5. The Labute approximate surface area is 345 Å². The van der Waals surface area contributed by atoms with Crippen molar-refractivity contribution in [1.29, 1.82) is 0 Å². The average Bonchev–Trinajstić information content (AvgIpc) is 4.00. The van der Waals surface area contributed by atoms with Crippen LogP contribution in [0.3, 0.4) is 0 Å². The van der Waals surface area contributed by atoms with E-state index in [4.69, 9.17) is 9.97 Å². The fourth-order valence-corrected chi connectivity index (χ4v) is 11.3. The van der Waals surface area contributed by atoms with Gasteiger partial charge in [-0.3, -0.25) is 29.5 Å². The highest BCUT2D eigenvalue weighted by molar-refractivity contribution is 6.05. The van der Waals surface area contributed by atoms with Crippen LogP contribution in [0.15, 0.2) is 54.9 Å². The second kappa shape index (κ2) is 15.0. The molecule has 13 heteroatoms. The predicted molar refractivity (Wildman–Crippen MR) is 225 cm³/mol. The predicted octanol–water partition coefficient (Wildman–Crippen LogP) is 5.76. The lowest BCUT2D eigenvalue weighted by atomic mass is 9.88. The number of carbonyl (C=O) groups excluding carboxylic acids is 3. The van der Waals surface area contributed by atoms with Gasteiger partial charge >= 0.3 is 0 Å². The molecule has 12 nitrogen and oxygen atoms in total. The Morgan fingerprint density at radius 3 is 2.49 bits per heavy atom. The average molecular weight is 802 g/mol. The summed E-state index contributed by atoms with van der Waals surface area (Å²) in [6.45, 7) is 11.4. The number of carbonyl (C=O) groups is 3. The number of para-hydroxylation sites is 1. The van der Waals surface area contributed by atoms with E-state index >= 15 is 4.39 Å². The maximum absolute atomic E-state index is 15.2. The van der Waals surface area contributed by atoms with E-state index in [1.54, 1.807) is 18.7 Å². The molecule has 4 saturated heterocycles. The van der Waals surface area contributed by atoms with Crippen LogP contribution in [0.4, 0.5) is 16.0 Å². The van der Waals surface area contributed by atoms with Crippen LogP contribution in [-0.4, -0.2) is 116 Å². The summed E-state index contributed by atoms with van der Waals surface area (Å²) in [7, 11) is 0. The normalized spacial score (nSPS) is 26.6. The van der Waals surface area contributed by atoms with Crippen molar-refractivity contribution in [1.82, 2.24) is 35.0 Å². The fourth-order valence-electron chi connectivity index (χ4n) is 11.3.